The molecule has 9 aromatic carbocycles. The molecule has 0 unspecified atom stereocenters. The van der Waals surface area contributed by atoms with Crippen molar-refractivity contribution in [2.45, 2.75) is 0 Å². The molecule has 0 N–H and O–H groups in total. The van der Waals surface area contributed by atoms with Gasteiger partial charge in [0.1, 0.15) is 0 Å². The van der Waals surface area contributed by atoms with Crippen LogP contribution in [-0.4, -0.2) is 4.57 Å². The summed E-state index contributed by atoms with van der Waals surface area (Å²) in [6, 6.07) is 66.5. The van der Waals surface area contributed by atoms with Crippen molar-refractivity contribution in [2.24, 2.45) is 0 Å². The first-order valence-electron chi connectivity index (χ1n) is 17.5. The van der Waals surface area contributed by atoms with E-state index in [-0.39, 0.29) is 0 Å². The van der Waals surface area contributed by atoms with E-state index in [2.05, 4.69) is 193 Å². The molecule has 0 aliphatic carbocycles. The zero-order valence-electron chi connectivity index (χ0n) is 28.1. The maximum absolute atomic E-state index is 4.07. The van der Waals surface area contributed by atoms with Crippen molar-refractivity contribution in [1.82, 2.24) is 4.57 Å². The van der Waals surface area contributed by atoms with E-state index in [0.29, 0.717) is 0 Å². The van der Waals surface area contributed by atoms with Crippen LogP contribution in [0.1, 0.15) is 5.56 Å². The largest absolute Gasteiger partial charge is 0.309 e. The van der Waals surface area contributed by atoms with Gasteiger partial charge in [-0.25, -0.2) is 0 Å². The lowest BCUT2D eigenvalue weighted by molar-refractivity contribution is 1.18. The van der Waals surface area contributed by atoms with E-state index >= 15 is 0 Å². The summed E-state index contributed by atoms with van der Waals surface area (Å²) in [5.41, 5.74) is 11.9. The lowest BCUT2D eigenvalue weighted by Gasteiger charge is -2.13. The highest BCUT2D eigenvalue weighted by Gasteiger charge is 2.15. The van der Waals surface area contributed by atoms with Crippen LogP contribution in [-0.2, 0) is 0 Å². The summed E-state index contributed by atoms with van der Waals surface area (Å²) < 4.78 is 2.38. The molecule has 0 atom stereocenters. The van der Waals surface area contributed by atoms with Crippen molar-refractivity contribution in [3.05, 3.63) is 194 Å². The average molecular weight is 648 g/mol. The highest BCUT2D eigenvalue weighted by Crippen LogP contribution is 2.39. The van der Waals surface area contributed by atoms with Crippen LogP contribution in [0.5, 0.6) is 0 Å². The smallest absolute Gasteiger partial charge is 0.0541 e. The van der Waals surface area contributed by atoms with Gasteiger partial charge in [0.2, 0.25) is 0 Å². The van der Waals surface area contributed by atoms with Gasteiger partial charge >= 0.3 is 0 Å². The maximum Gasteiger partial charge on any atom is 0.0541 e. The van der Waals surface area contributed by atoms with E-state index in [1.165, 1.54) is 87.5 Å². The molecule has 0 radical (unpaired) electrons. The molecule has 0 aliphatic rings. The molecule has 0 spiro atoms. The molecular weight excluding hydrogens is 615 g/mol. The van der Waals surface area contributed by atoms with Gasteiger partial charge in [-0.2, -0.15) is 0 Å². The first kappa shape index (κ1) is 29.2. The van der Waals surface area contributed by atoms with Crippen LogP contribution in [0, 0.1) is 0 Å². The number of nitrogens with zero attached hydrogens (tertiary/aromatic N) is 1. The van der Waals surface area contributed by atoms with E-state index in [1.807, 2.05) is 6.08 Å². The second kappa shape index (κ2) is 11.7. The van der Waals surface area contributed by atoms with Gasteiger partial charge in [-0.1, -0.05) is 146 Å². The van der Waals surface area contributed by atoms with Crippen molar-refractivity contribution in [1.29, 1.82) is 0 Å². The Hall–Kier alpha value is -6.70. The van der Waals surface area contributed by atoms with E-state index in [9.17, 15) is 0 Å². The summed E-state index contributed by atoms with van der Waals surface area (Å²) in [6.45, 7) is 4.07. The third-order valence-electron chi connectivity index (χ3n) is 10.5. The Morgan fingerprint density at radius 2 is 0.765 bits per heavy atom. The monoisotopic (exact) mass is 647 g/mol. The average Bonchev–Trinajstić information content (AvgIpc) is 3.54. The summed E-state index contributed by atoms with van der Waals surface area (Å²) in [7, 11) is 0. The van der Waals surface area contributed by atoms with Gasteiger partial charge in [0, 0.05) is 16.5 Å². The molecule has 0 bridgehead atoms. The van der Waals surface area contributed by atoms with Gasteiger partial charge < -0.3 is 4.57 Å². The minimum absolute atomic E-state index is 1.12. The molecule has 0 fully saturated rings. The second-order valence-corrected chi connectivity index (χ2v) is 13.4. The normalized spacial score (nSPS) is 11.6. The predicted molar refractivity (Wildman–Crippen MR) is 220 cm³/mol. The highest BCUT2D eigenvalue weighted by molar-refractivity contribution is 6.25. The molecule has 1 nitrogen and oxygen atoms in total. The topological polar surface area (TPSA) is 4.93 Å². The Bertz CT molecular complexity index is 2930. The molecule has 51 heavy (non-hydrogen) atoms. The van der Waals surface area contributed by atoms with Crippen LogP contribution in [0.2, 0.25) is 0 Å². The van der Waals surface area contributed by atoms with E-state index in [0.717, 1.165) is 11.3 Å². The number of hydrogen-bond acceptors (Lipinski definition) is 0. The van der Waals surface area contributed by atoms with Gasteiger partial charge in [0.05, 0.1) is 11.0 Å². The van der Waals surface area contributed by atoms with Gasteiger partial charge in [-0.05, 0) is 120 Å². The third-order valence-corrected chi connectivity index (χ3v) is 10.5. The van der Waals surface area contributed by atoms with Gasteiger partial charge in [-0.3, -0.25) is 0 Å². The molecule has 1 heterocycles. The van der Waals surface area contributed by atoms with Crippen LogP contribution in [0.15, 0.2) is 189 Å². The maximum atomic E-state index is 4.07. The highest BCUT2D eigenvalue weighted by atomic mass is 15.0. The Morgan fingerprint density at radius 3 is 1.41 bits per heavy atom. The Labute approximate surface area is 297 Å². The van der Waals surface area contributed by atoms with Crippen molar-refractivity contribution >= 4 is 60.2 Å². The molecule has 10 rings (SSSR count). The molecule has 0 saturated carbocycles. The zero-order valence-corrected chi connectivity index (χ0v) is 28.1. The Kier molecular flexibility index (Phi) is 6.72. The van der Waals surface area contributed by atoms with Crippen molar-refractivity contribution < 1.29 is 0 Å². The molecule has 1 aromatic heterocycles. The number of aromatic nitrogens is 1. The quantitative estimate of drug-likeness (QED) is 0.164. The zero-order chi connectivity index (χ0) is 33.9. The molecule has 0 aliphatic heterocycles. The molecular formula is C50H33N. The fraction of sp³-hybridized carbons (Fsp3) is 0. The molecule has 10 aromatic rings. The van der Waals surface area contributed by atoms with Crippen LogP contribution in [0.4, 0.5) is 0 Å². The fourth-order valence-electron chi connectivity index (χ4n) is 8.02. The van der Waals surface area contributed by atoms with Gasteiger partial charge in [0.25, 0.3) is 0 Å². The van der Waals surface area contributed by atoms with E-state index < -0.39 is 0 Å². The lowest BCUT2D eigenvalue weighted by Crippen LogP contribution is -1.94. The SMILES string of the molecule is C=Cc1ccc2c(c1)c1cc(-c3cccc(-c4ccc5c6ccccc6c6ccccc6c5c4)c3)ccc1n2-c1ccc(-c2ccccc2)cc1. The minimum Gasteiger partial charge on any atom is -0.309 e. The van der Waals surface area contributed by atoms with Crippen molar-refractivity contribution in [3.63, 3.8) is 0 Å². The number of rotatable bonds is 5. The van der Waals surface area contributed by atoms with E-state index in [4.69, 9.17) is 0 Å². The van der Waals surface area contributed by atoms with Gasteiger partial charge in [0.15, 0.2) is 0 Å². The molecule has 238 valence electrons. The Balaban J connectivity index is 1.10. The summed E-state index contributed by atoms with van der Waals surface area (Å²) >= 11 is 0. The number of benzene rings is 9. The summed E-state index contributed by atoms with van der Waals surface area (Å²) in [5.74, 6) is 0. The van der Waals surface area contributed by atoms with Crippen LogP contribution in [0.25, 0.3) is 99.3 Å². The van der Waals surface area contributed by atoms with E-state index in [1.54, 1.807) is 0 Å². The third kappa shape index (κ3) is 4.78. The van der Waals surface area contributed by atoms with Crippen molar-refractivity contribution in [3.8, 4) is 39.1 Å². The second-order valence-electron chi connectivity index (χ2n) is 13.4. The number of hydrogen-bond donors (Lipinski definition) is 0. The fourth-order valence-corrected chi connectivity index (χ4v) is 8.02. The van der Waals surface area contributed by atoms with Crippen LogP contribution >= 0.6 is 0 Å². The summed E-state index contributed by atoms with van der Waals surface area (Å²) in [6.07, 6.45) is 1.93. The predicted octanol–water partition coefficient (Wildman–Crippen LogP) is 13.9. The minimum atomic E-state index is 1.12. The molecule has 0 saturated heterocycles. The number of fused-ring (bicyclic) bond motifs is 9. The Morgan fingerprint density at radius 1 is 0.314 bits per heavy atom. The first-order valence-corrected chi connectivity index (χ1v) is 17.5. The molecule has 0 amide bonds. The first-order chi connectivity index (χ1) is 25.2. The lowest BCUT2D eigenvalue weighted by atomic mass is 9.91. The van der Waals surface area contributed by atoms with Gasteiger partial charge in [-0.15, -0.1) is 0 Å². The van der Waals surface area contributed by atoms with Crippen LogP contribution < -0.4 is 0 Å². The summed E-state index contributed by atoms with van der Waals surface area (Å²) in [4.78, 5) is 0. The van der Waals surface area contributed by atoms with Crippen LogP contribution in [0.3, 0.4) is 0 Å². The summed E-state index contributed by atoms with van der Waals surface area (Å²) in [5, 5.41) is 10.2. The van der Waals surface area contributed by atoms with Crippen molar-refractivity contribution in [2.75, 3.05) is 0 Å². The standard InChI is InChI=1S/C50H33N/c1-2-33-19-27-49-47(29-33)48-32-39(23-28-50(48)51(49)40-24-20-35(21-25-40)34-11-4-3-5-12-34)37-14-10-13-36(30-37)38-22-26-45-43-17-7-6-15-41(43)42-16-8-9-18-44(42)46(45)31-38/h2-32H,1H2. The molecule has 1 heteroatoms.